The van der Waals surface area contributed by atoms with E-state index in [1.807, 2.05) is 5.38 Å². The summed E-state index contributed by atoms with van der Waals surface area (Å²) in [6.07, 6.45) is 0. The van der Waals surface area contributed by atoms with Crippen molar-refractivity contribution in [3.8, 4) is 0 Å². The molecule has 3 nitrogen and oxygen atoms in total. The van der Waals surface area contributed by atoms with Crippen LogP contribution in [0.25, 0.3) is 0 Å². The van der Waals surface area contributed by atoms with Gasteiger partial charge in [-0.15, -0.1) is 11.3 Å². The van der Waals surface area contributed by atoms with Crippen molar-refractivity contribution in [2.45, 2.75) is 13.0 Å². The van der Waals surface area contributed by atoms with E-state index in [1.54, 1.807) is 11.3 Å². The molecule has 1 aliphatic rings. The van der Waals surface area contributed by atoms with Crippen LogP contribution >= 0.6 is 27.3 Å². The summed E-state index contributed by atoms with van der Waals surface area (Å²) in [7, 11) is 0. The minimum Gasteiger partial charge on any atom is -0.345 e. The average Bonchev–Trinajstić information content (AvgIpc) is 2.52. The summed E-state index contributed by atoms with van der Waals surface area (Å²) < 4.78 is 0.943. The van der Waals surface area contributed by atoms with E-state index in [4.69, 9.17) is 0 Å². The molecule has 1 aliphatic heterocycles. The maximum atomic E-state index is 4.40. The Hall–Kier alpha value is -0.130. The van der Waals surface area contributed by atoms with Gasteiger partial charge in [-0.25, -0.2) is 4.98 Å². The van der Waals surface area contributed by atoms with Crippen molar-refractivity contribution in [2.24, 2.45) is 0 Å². The SMILES string of the molecule is CC1CN(c2nc(Br)cs2)CCN1. The first-order valence-electron chi connectivity index (χ1n) is 4.35. The van der Waals surface area contributed by atoms with E-state index >= 15 is 0 Å². The van der Waals surface area contributed by atoms with Crippen LogP contribution in [0.4, 0.5) is 5.13 Å². The molecular formula is C8H12BrN3S. The molecule has 1 unspecified atom stereocenters. The number of nitrogens with zero attached hydrogens (tertiary/aromatic N) is 2. The molecule has 1 aromatic heterocycles. The summed E-state index contributed by atoms with van der Waals surface area (Å²) in [6.45, 7) is 5.37. The van der Waals surface area contributed by atoms with Gasteiger partial charge in [0.2, 0.25) is 0 Å². The highest BCUT2D eigenvalue weighted by atomic mass is 79.9. The maximum absolute atomic E-state index is 4.40. The van der Waals surface area contributed by atoms with Crippen LogP contribution < -0.4 is 10.2 Å². The number of rotatable bonds is 1. The Kier molecular flexibility index (Phi) is 2.86. The topological polar surface area (TPSA) is 28.2 Å². The van der Waals surface area contributed by atoms with E-state index in [0.29, 0.717) is 6.04 Å². The van der Waals surface area contributed by atoms with Crippen molar-refractivity contribution in [1.29, 1.82) is 0 Å². The minimum absolute atomic E-state index is 0.566. The lowest BCUT2D eigenvalue weighted by atomic mass is 10.2. The lowest BCUT2D eigenvalue weighted by molar-refractivity contribution is 0.484. The van der Waals surface area contributed by atoms with Crippen molar-refractivity contribution < 1.29 is 0 Å². The van der Waals surface area contributed by atoms with Gasteiger partial charge >= 0.3 is 0 Å². The first kappa shape index (κ1) is 9.43. The van der Waals surface area contributed by atoms with Gasteiger partial charge in [0.1, 0.15) is 4.60 Å². The smallest absolute Gasteiger partial charge is 0.186 e. The van der Waals surface area contributed by atoms with Crippen LogP contribution in [0.5, 0.6) is 0 Å². The van der Waals surface area contributed by atoms with Gasteiger partial charge in [0.15, 0.2) is 5.13 Å². The second kappa shape index (κ2) is 3.94. The number of thiazole rings is 1. The second-order valence-electron chi connectivity index (χ2n) is 3.25. The molecule has 5 heteroatoms. The molecule has 0 saturated carbocycles. The molecule has 13 heavy (non-hydrogen) atoms. The number of hydrogen-bond donors (Lipinski definition) is 1. The minimum atomic E-state index is 0.566. The highest BCUT2D eigenvalue weighted by Crippen LogP contribution is 2.24. The molecular weight excluding hydrogens is 250 g/mol. The molecule has 0 bridgehead atoms. The quantitative estimate of drug-likeness (QED) is 0.835. The lowest BCUT2D eigenvalue weighted by Crippen LogP contribution is -2.49. The fourth-order valence-corrected chi connectivity index (χ4v) is 2.78. The largest absolute Gasteiger partial charge is 0.345 e. The number of hydrogen-bond acceptors (Lipinski definition) is 4. The van der Waals surface area contributed by atoms with Gasteiger partial charge in [-0.05, 0) is 22.9 Å². The third-order valence-corrected chi connectivity index (χ3v) is 3.71. The summed E-state index contributed by atoms with van der Waals surface area (Å²) in [6, 6.07) is 0.566. The van der Waals surface area contributed by atoms with E-state index in [1.165, 1.54) is 0 Å². The molecule has 1 atom stereocenters. The van der Waals surface area contributed by atoms with Gasteiger partial charge in [-0.1, -0.05) is 0 Å². The van der Waals surface area contributed by atoms with E-state index < -0.39 is 0 Å². The van der Waals surface area contributed by atoms with Gasteiger partial charge in [-0.2, -0.15) is 0 Å². The fourth-order valence-electron chi connectivity index (χ4n) is 1.50. The first-order valence-corrected chi connectivity index (χ1v) is 6.02. The normalized spacial score (nSPS) is 23.5. The summed E-state index contributed by atoms with van der Waals surface area (Å²) in [5.41, 5.74) is 0. The van der Waals surface area contributed by atoms with Crippen molar-refractivity contribution >= 4 is 32.4 Å². The molecule has 1 aromatic rings. The van der Waals surface area contributed by atoms with Crippen LogP contribution in [0.3, 0.4) is 0 Å². The van der Waals surface area contributed by atoms with Crippen molar-refractivity contribution in [3.63, 3.8) is 0 Å². The standard InChI is InChI=1S/C8H12BrN3S/c1-6-4-12(3-2-10-6)8-11-7(9)5-13-8/h5-6,10H,2-4H2,1H3. The van der Waals surface area contributed by atoms with Crippen molar-refractivity contribution in [2.75, 3.05) is 24.5 Å². The number of piperazine rings is 1. The average molecular weight is 262 g/mol. The Labute approximate surface area is 90.3 Å². The van der Waals surface area contributed by atoms with E-state index in [-0.39, 0.29) is 0 Å². The third kappa shape index (κ3) is 2.21. The molecule has 0 radical (unpaired) electrons. The number of aromatic nitrogens is 1. The van der Waals surface area contributed by atoms with Gasteiger partial charge in [0.05, 0.1) is 0 Å². The fraction of sp³-hybridized carbons (Fsp3) is 0.625. The van der Waals surface area contributed by atoms with Crippen LogP contribution in [0, 0.1) is 0 Å². The molecule has 72 valence electrons. The Morgan fingerprint density at radius 3 is 3.23 bits per heavy atom. The molecule has 1 saturated heterocycles. The molecule has 0 aliphatic carbocycles. The van der Waals surface area contributed by atoms with Crippen LogP contribution in [0.15, 0.2) is 9.98 Å². The molecule has 2 rings (SSSR count). The predicted molar refractivity (Wildman–Crippen MR) is 59.5 cm³/mol. The van der Waals surface area contributed by atoms with Gasteiger partial charge in [0.25, 0.3) is 0 Å². The highest BCUT2D eigenvalue weighted by molar-refractivity contribution is 9.10. The van der Waals surface area contributed by atoms with Crippen LogP contribution in [0.2, 0.25) is 0 Å². The third-order valence-electron chi connectivity index (χ3n) is 2.10. The highest BCUT2D eigenvalue weighted by Gasteiger charge is 2.17. The molecule has 1 fully saturated rings. The lowest BCUT2D eigenvalue weighted by Gasteiger charge is -2.31. The molecule has 1 N–H and O–H groups in total. The van der Waals surface area contributed by atoms with Crippen molar-refractivity contribution in [3.05, 3.63) is 9.98 Å². The van der Waals surface area contributed by atoms with Crippen LogP contribution in [-0.2, 0) is 0 Å². The Morgan fingerprint density at radius 2 is 2.62 bits per heavy atom. The zero-order valence-electron chi connectivity index (χ0n) is 7.46. The molecule has 2 heterocycles. The van der Waals surface area contributed by atoms with Gasteiger partial charge in [-0.3, -0.25) is 0 Å². The van der Waals surface area contributed by atoms with Gasteiger partial charge in [0, 0.05) is 31.1 Å². The molecule has 0 spiro atoms. The number of halogens is 1. The summed E-state index contributed by atoms with van der Waals surface area (Å²) in [5, 5.41) is 6.57. The summed E-state index contributed by atoms with van der Waals surface area (Å²) in [4.78, 5) is 6.73. The van der Waals surface area contributed by atoms with E-state index in [9.17, 15) is 0 Å². The predicted octanol–water partition coefficient (Wildman–Crippen LogP) is 1.70. The maximum Gasteiger partial charge on any atom is 0.186 e. The van der Waals surface area contributed by atoms with E-state index in [0.717, 1.165) is 29.4 Å². The summed E-state index contributed by atoms with van der Waals surface area (Å²) >= 11 is 5.07. The van der Waals surface area contributed by atoms with E-state index in [2.05, 4.69) is 38.1 Å². The Bertz CT molecular complexity index is 289. The van der Waals surface area contributed by atoms with Crippen molar-refractivity contribution in [1.82, 2.24) is 10.3 Å². The monoisotopic (exact) mass is 261 g/mol. The zero-order chi connectivity index (χ0) is 9.26. The second-order valence-corrected chi connectivity index (χ2v) is 4.90. The molecule has 0 amide bonds. The first-order chi connectivity index (χ1) is 6.25. The Morgan fingerprint density at radius 1 is 1.77 bits per heavy atom. The number of anilines is 1. The van der Waals surface area contributed by atoms with Gasteiger partial charge < -0.3 is 10.2 Å². The van der Waals surface area contributed by atoms with Crippen LogP contribution in [-0.4, -0.2) is 30.7 Å². The van der Waals surface area contributed by atoms with Crippen LogP contribution in [0.1, 0.15) is 6.92 Å². The zero-order valence-corrected chi connectivity index (χ0v) is 9.86. The molecule has 0 aromatic carbocycles. The number of nitrogens with one attached hydrogen (secondary N) is 1. The Balaban J connectivity index is 2.08. The summed E-state index contributed by atoms with van der Waals surface area (Å²) in [5.74, 6) is 0.